The van der Waals surface area contributed by atoms with Crippen molar-refractivity contribution in [3.05, 3.63) is 11.9 Å². The van der Waals surface area contributed by atoms with Crippen molar-refractivity contribution in [2.24, 2.45) is 0 Å². The van der Waals surface area contributed by atoms with Crippen molar-refractivity contribution < 1.29 is 5.11 Å². The topological polar surface area (TPSA) is 74.7 Å². The summed E-state index contributed by atoms with van der Waals surface area (Å²) in [6.07, 6.45) is 0.399. The Bertz CT molecular complexity index is 299. The van der Waals surface area contributed by atoms with Crippen molar-refractivity contribution >= 4 is 0 Å². The van der Waals surface area contributed by atoms with E-state index in [9.17, 15) is 0 Å². The minimum absolute atomic E-state index is 0.192. The summed E-state index contributed by atoms with van der Waals surface area (Å²) < 4.78 is 1.59. The van der Waals surface area contributed by atoms with Crippen LogP contribution in [0.4, 0.5) is 0 Å². The lowest BCUT2D eigenvalue weighted by atomic mass is 10.3. The molecular weight excluding hydrogens is 156 g/mol. The highest BCUT2D eigenvalue weighted by molar-refractivity contribution is 5.06. The van der Waals surface area contributed by atoms with Crippen molar-refractivity contribution in [1.29, 1.82) is 5.26 Å². The third-order valence-corrected chi connectivity index (χ3v) is 1.46. The molecule has 1 rings (SSSR count). The number of hydrogen-bond acceptors (Lipinski definition) is 4. The molecule has 1 atom stereocenters. The molecule has 0 saturated heterocycles. The molecule has 5 heteroatoms. The molecule has 1 aromatic rings. The minimum atomic E-state index is -1.17. The van der Waals surface area contributed by atoms with E-state index in [1.54, 1.807) is 16.9 Å². The van der Waals surface area contributed by atoms with E-state index in [0.717, 1.165) is 0 Å². The van der Waals surface area contributed by atoms with Gasteiger partial charge < -0.3 is 5.11 Å². The lowest BCUT2D eigenvalue weighted by Crippen LogP contribution is -2.00. The summed E-state index contributed by atoms with van der Waals surface area (Å²) in [5, 5.41) is 24.8. The van der Waals surface area contributed by atoms with Crippen LogP contribution in [0.25, 0.3) is 0 Å². The van der Waals surface area contributed by atoms with Gasteiger partial charge in [0, 0.05) is 6.04 Å². The molecule has 1 aromatic heterocycles. The second-order valence-corrected chi connectivity index (χ2v) is 2.75. The molecule has 1 heterocycles. The number of rotatable bonds is 2. The quantitative estimate of drug-likeness (QED) is 0.646. The zero-order valence-corrected chi connectivity index (χ0v) is 6.97. The van der Waals surface area contributed by atoms with Gasteiger partial charge in [-0.25, -0.2) is 4.68 Å². The lowest BCUT2D eigenvalue weighted by molar-refractivity contribution is 0.230. The monoisotopic (exact) mass is 166 g/mol. The molecule has 0 bridgehead atoms. The van der Waals surface area contributed by atoms with Crippen LogP contribution in [0.3, 0.4) is 0 Å². The van der Waals surface area contributed by atoms with Crippen molar-refractivity contribution in [3.63, 3.8) is 0 Å². The first-order valence-electron chi connectivity index (χ1n) is 3.64. The summed E-state index contributed by atoms with van der Waals surface area (Å²) in [5.41, 5.74) is 0.297. The molecule has 0 aliphatic carbocycles. The van der Waals surface area contributed by atoms with E-state index in [4.69, 9.17) is 10.4 Å². The van der Waals surface area contributed by atoms with Crippen LogP contribution in [0.1, 0.15) is 31.7 Å². The molecule has 1 unspecified atom stereocenters. The molecule has 0 amide bonds. The third kappa shape index (κ3) is 1.60. The highest BCUT2D eigenvalue weighted by Gasteiger charge is 2.11. The lowest BCUT2D eigenvalue weighted by Gasteiger charge is -2.01. The van der Waals surface area contributed by atoms with Crippen LogP contribution in [-0.4, -0.2) is 20.1 Å². The number of aromatic nitrogens is 3. The van der Waals surface area contributed by atoms with Gasteiger partial charge in [0.15, 0.2) is 6.10 Å². The van der Waals surface area contributed by atoms with Gasteiger partial charge in [0.1, 0.15) is 11.8 Å². The maximum absolute atomic E-state index is 9.05. The number of hydrogen-bond donors (Lipinski definition) is 1. The highest BCUT2D eigenvalue weighted by atomic mass is 16.3. The normalized spacial score (nSPS) is 12.9. The van der Waals surface area contributed by atoms with E-state index in [2.05, 4.69) is 10.3 Å². The SMILES string of the molecule is CC(C)n1cc(C(O)C#N)nn1. The summed E-state index contributed by atoms with van der Waals surface area (Å²) >= 11 is 0. The Hall–Kier alpha value is -1.41. The van der Waals surface area contributed by atoms with Crippen LogP contribution in [0.5, 0.6) is 0 Å². The molecular formula is C7H10N4O. The molecule has 1 N–H and O–H groups in total. The second kappa shape index (κ2) is 3.32. The zero-order chi connectivity index (χ0) is 9.14. The number of aliphatic hydroxyl groups excluding tert-OH is 1. The van der Waals surface area contributed by atoms with Crippen molar-refractivity contribution in [2.45, 2.75) is 26.0 Å². The highest BCUT2D eigenvalue weighted by Crippen LogP contribution is 2.09. The second-order valence-electron chi connectivity index (χ2n) is 2.75. The molecule has 0 radical (unpaired) electrons. The fourth-order valence-electron chi connectivity index (χ4n) is 0.734. The van der Waals surface area contributed by atoms with Crippen LogP contribution < -0.4 is 0 Å². The fraction of sp³-hybridized carbons (Fsp3) is 0.571. The van der Waals surface area contributed by atoms with Crippen LogP contribution in [0, 0.1) is 11.3 Å². The van der Waals surface area contributed by atoms with Gasteiger partial charge in [-0.2, -0.15) is 5.26 Å². The van der Waals surface area contributed by atoms with Crippen LogP contribution >= 0.6 is 0 Å². The van der Waals surface area contributed by atoms with E-state index < -0.39 is 6.10 Å². The predicted molar refractivity (Wildman–Crippen MR) is 41.0 cm³/mol. The predicted octanol–water partition coefficient (Wildman–Crippen LogP) is 0.416. The Kier molecular flexibility index (Phi) is 2.41. The first-order valence-corrected chi connectivity index (χ1v) is 3.64. The van der Waals surface area contributed by atoms with Crippen molar-refractivity contribution in [1.82, 2.24) is 15.0 Å². The molecule has 64 valence electrons. The smallest absolute Gasteiger partial charge is 0.186 e. The fourth-order valence-corrected chi connectivity index (χ4v) is 0.734. The number of nitrogens with zero attached hydrogens (tertiary/aromatic N) is 4. The Morgan fingerprint density at radius 1 is 1.67 bits per heavy atom. The maximum Gasteiger partial charge on any atom is 0.186 e. The van der Waals surface area contributed by atoms with Gasteiger partial charge in [0.25, 0.3) is 0 Å². The Labute approximate surface area is 70.2 Å². The van der Waals surface area contributed by atoms with E-state index >= 15 is 0 Å². The van der Waals surface area contributed by atoms with E-state index in [0.29, 0.717) is 5.69 Å². The first-order chi connectivity index (χ1) is 5.65. The summed E-state index contributed by atoms with van der Waals surface area (Å²) in [5.74, 6) is 0. The molecule has 0 saturated carbocycles. The maximum atomic E-state index is 9.05. The Morgan fingerprint density at radius 2 is 2.33 bits per heavy atom. The molecule has 5 nitrogen and oxygen atoms in total. The molecule has 0 aliphatic rings. The van der Waals surface area contributed by atoms with Gasteiger partial charge in [0.05, 0.1) is 6.20 Å². The van der Waals surface area contributed by atoms with Gasteiger partial charge in [-0.15, -0.1) is 5.10 Å². The van der Waals surface area contributed by atoms with Crippen LogP contribution in [-0.2, 0) is 0 Å². The van der Waals surface area contributed by atoms with Crippen LogP contribution in [0.15, 0.2) is 6.20 Å². The average Bonchev–Trinajstić information content (AvgIpc) is 2.51. The Morgan fingerprint density at radius 3 is 2.75 bits per heavy atom. The standard InChI is InChI=1S/C7H10N4O/c1-5(2)11-4-6(9-10-11)7(12)3-8/h4-5,7,12H,1-2H3. The van der Waals surface area contributed by atoms with E-state index in [-0.39, 0.29) is 6.04 Å². The number of nitriles is 1. The van der Waals surface area contributed by atoms with E-state index in [1.165, 1.54) is 0 Å². The number of aliphatic hydroxyl groups is 1. The largest absolute Gasteiger partial charge is 0.373 e. The van der Waals surface area contributed by atoms with Crippen LogP contribution in [0.2, 0.25) is 0 Å². The van der Waals surface area contributed by atoms with Gasteiger partial charge in [-0.3, -0.25) is 0 Å². The summed E-state index contributed by atoms with van der Waals surface area (Å²) in [7, 11) is 0. The molecule has 12 heavy (non-hydrogen) atoms. The van der Waals surface area contributed by atoms with Crippen molar-refractivity contribution in [3.8, 4) is 6.07 Å². The summed E-state index contributed by atoms with van der Waals surface area (Å²) in [6.45, 7) is 3.88. The van der Waals surface area contributed by atoms with Crippen molar-refractivity contribution in [2.75, 3.05) is 0 Å². The average molecular weight is 166 g/mol. The minimum Gasteiger partial charge on any atom is -0.373 e. The zero-order valence-electron chi connectivity index (χ0n) is 6.97. The van der Waals surface area contributed by atoms with E-state index in [1.807, 2.05) is 13.8 Å². The first kappa shape index (κ1) is 8.68. The van der Waals surface area contributed by atoms with Gasteiger partial charge in [-0.1, -0.05) is 5.21 Å². The van der Waals surface area contributed by atoms with Gasteiger partial charge in [-0.05, 0) is 13.8 Å². The molecule has 0 aliphatic heterocycles. The van der Waals surface area contributed by atoms with Gasteiger partial charge >= 0.3 is 0 Å². The van der Waals surface area contributed by atoms with Gasteiger partial charge in [0.2, 0.25) is 0 Å². The molecule has 0 spiro atoms. The summed E-state index contributed by atoms with van der Waals surface area (Å²) in [4.78, 5) is 0. The molecule has 0 aromatic carbocycles. The summed E-state index contributed by atoms with van der Waals surface area (Å²) in [6, 6.07) is 1.86. The third-order valence-electron chi connectivity index (χ3n) is 1.46. The Balaban J connectivity index is 2.86. The molecule has 0 fully saturated rings.